The number of rotatable bonds is 6. The Hall–Kier alpha value is -1.02. The molecule has 2 heteroatoms. The zero-order chi connectivity index (χ0) is 12.8. The standard InChI is InChI=1S/C15H26N2/c1-6-13-8-9-15(14(7-2)12-13)17(5)11-10-16(3)4/h8-9,12H,6-7,10-11H2,1-5H3. The van der Waals surface area contributed by atoms with Gasteiger partial charge in [-0.05, 0) is 44.1 Å². The summed E-state index contributed by atoms with van der Waals surface area (Å²) in [5.41, 5.74) is 4.28. The van der Waals surface area contributed by atoms with Crippen molar-refractivity contribution in [3.8, 4) is 0 Å². The number of anilines is 1. The van der Waals surface area contributed by atoms with Gasteiger partial charge in [0.05, 0.1) is 0 Å². The van der Waals surface area contributed by atoms with Gasteiger partial charge >= 0.3 is 0 Å². The van der Waals surface area contributed by atoms with Crippen molar-refractivity contribution in [3.05, 3.63) is 29.3 Å². The smallest absolute Gasteiger partial charge is 0.0396 e. The minimum atomic E-state index is 1.07. The van der Waals surface area contributed by atoms with E-state index in [1.54, 1.807) is 0 Å². The van der Waals surface area contributed by atoms with Crippen LogP contribution in [0.5, 0.6) is 0 Å². The molecule has 1 aromatic rings. The van der Waals surface area contributed by atoms with Gasteiger partial charge in [-0.25, -0.2) is 0 Å². The van der Waals surface area contributed by atoms with Crippen LogP contribution in [0.4, 0.5) is 5.69 Å². The summed E-state index contributed by atoms with van der Waals surface area (Å²) in [5, 5.41) is 0. The zero-order valence-corrected chi connectivity index (χ0v) is 12.0. The second kappa shape index (κ2) is 6.65. The highest BCUT2D eigenvalue weighted by Gasteiger charge is 2.07. The Morgan fingerprint density at radius 1 is 0.941 bits per heavy atom. The molecule has 0 fully saturated rings. The van der Waals surface area contributed by atoms with E-state index in [0.717, 1.165) is 25.9 Å². The van der Waals surface area contributed by atoms with Crippen LogP contribution in [-0.2, 0) is 12.8 Å². The highest BCUT2D eigenvalue weighted by atomic mass is 15.2. The molecule has 0 heterocycles. The van der Waals surface area contributed by atoms with E-state index in [2.05, 4.69) is 63.0 Å². The molecule has 2 nitrogen and oxygen atoms in total. The quantitative estimate of drug-likeness (QED) is 0.747. The molecule has 0 aliphatic rings. The molecule has 0 N–H and O–H groups in total. The van der Waals surface area contributed by atoms with Crippen LogP contribution >= 0.6 is 0 Å². The summed E-state index contributed by atoms with van der Waals surface area (Å²) in [7, 11) is 6.42. The van der Waals surface area contributed by atoms with E-state index in [9.17, 15) is 0 Å². The summed E-state index contributed by atoms with van der Waals surface area (Å²) < 4.78 is 0. The molecule has 0 saturated carbocycles. The molecule has 0 atom stereocenters. The van der Waals surface area contributed by atoms with Gasteiger partial charge in [-0.2, -0.15) is 0 Å². The van der Waals surface area contributed by atoms with Gasteiger partial charge in [0, 0.05) is 25.8 Å². The second-order valence-corrected chi connectivity index (χ2v) is 4.90. The zero-order valence-electron chi connectivity index (χ0n) is 12.0. The summed E-state index contributed by atoms with van der Waals surface area (Å²) in [6.07, 6.45) is 2.23. The molecule has 0 bridgehead atoms. The molecular formula is C15H26N2. The van der Waals surface area contributed by atoms with Gasteiger partial charge in [-0.3, -0.25) is 0 Å². The van der Waals surface area contributed by atoms with Crippen LogP contribution < -0.4 is 4.90 Å². The first-order chi connectivity index (χ1) is 8.08. The molecule has 0 radical (unpaired) electrons. The van der Waals surface area contributed by atoms with Gasteiger partial charge in [0.15, 0.2) is 0 Å². The molecule has 0 aliphatic carbocycles. The van der Waals surface area contributed by atoms with Crippen molar-refractivity contribution in [1.82, 2.24) is 4.90 Å². The average molecular weight is 234 g/mol. The van der Waals surface area contributed by atoms with Gasteiger partial charge in [-0.1, -0.05) is 26.0 Å². The summed E-state index contributed by atoms with van der Waals surface area (Å²) in [6.45, 7) is 6.61. The maximum Gasteiger partial charge on any atom is 0.0396 e. The highest BCUT2D eigenvalue weighted by molar-refractivity contribution is 5.54. The van der Waals surface area contributed by atoms with Crippen LogP contribution in [0.3, 0.4) is 0 Å². The van der Waals surface area contributed by atoms with Crippen molar-refractivity contribution < 1.29 is 0 Å². The third kappa shape index (κ3) is 4.04. The van der Waals surface area contributed by atoms with Crippen molar-refractivity contribution in [2.75, 3.05) is 39.1 Å². The van der Waals surface area contributed by atoms with Gasteiger partial charge in [-0.15, -0.1) is 0 Å². The molecule has 0 saturated heterocycles. The topological polar surface area (TPSA) is 6.48 Å². The lowest BCUT2D eigenvalue weighted by Crippen LogP contribution is -2.29. The van der Waals surface area contributed by atoms with E-state index >= 15 is 0 Å². The van der Waals surface area contributed by atoms with Crippen molar-refractivity contribution in [1.29, 1.82) is 0 Å². The molecule has 17 heavy (non-hydrogen) atoms. The molecule has 0 aromatic heterocycles. The molecule has 96 valence electrons. The summed E-state index contributed by atoms with van der Waals surface area (Å²) >= 11 is 0. The van der Waals surface area contributed by atoms with Crippen molar-refractivity contribution in [2.45, 2.75) is 26.7 Å². The number of nitrogens with zero attached hydrogens (tertiary/aromatic N) is 2. The molecule has 1 rings (SSSR count). The van der Waals surface area contributed by atoms with Crippen LogP contribution in [0, 0.1) is 0 Å². The van der Waals surface area contributed by atoms with Crippen molar-refractivity contribution in [3.63, 3.8) is 0 Å². The fourth-order valence-corrected chi connectivity index (χ4v) is 1.98. The molecule has 0 amide bonds. The minimum absolute atomic E-state index is 1.07. The third-order valence-corrected chi connectivity index (χ3v) is 3.23. The fraction of sp³-hybridized carbons (Fsp3) is 0.600. The third-order valence-electron chi connectivity index (χ3n) is 3.23. The first kappa shape index (κ1) is 14.0. The normalized spacial score (nSPS) is 10.9. The summed E-state index contributed by atoms with van der Waals surface area (Å²) in [6, 6.07) is 6.87. The van der Waals surface area contributed by atoms with Gasteiger partial charge < -0.3 is 9.80 Å². The Kier molecular flexibility index (Phi) is 5.49. The minimum Gasteiger partial charge on any atom is -0.373 e. The van der Waals surface area contributed by atoms with Gasteiger partial charge in [0.1, 0.15) is 0 Å². The van der Waals surface area contributed by atoms with Crippen molar-refractivity contribution >= 4 is 5.69 Å². The van der Waals surface area contributed by atoms with E-state index in [0.29, 0.717) is 0 Å². The number of hydrogen-bond donors (Lipinski definition) is 0. The lowest BCUT2D eigenvalue weighted by atomic mass is 10.0. The van der Waals surface area contributed by atoms with E-state index < -0.39 is 0 Å². The Morgan fingerprint density at radius 2 is 1.65 bits per heavy atom. The Labute approximate surface area is 106 Å². The molecule has 0 aliphatic heterocycles. The largest absolute Gasteiger partial charge is 0.373 e. The van der Waals surface area contributed by atoms with Crippen LogP contribution in [0.2, 0.25) is 0 Å². The lowest BCUT2D eigenvalue weighted by Gasteiger charge is -2.24. The second-order valence-electron chi connectivity index (χ2n) is 4.90. The van der Waals surface area contributed by atoms with E-state index in [1.165, 1.54) is 16.8 Å². The summed E-state index contributed by atoms with van der Waals surface area (Å²) in [4.78, 5) is 4.58. The highest BCUT2D eigenvalue weighted by Crippen LogP contribution is 2.21. The van der Waals surface area contributed by atoms with Crippen LogP contribution in [0.15, 0.2) is 18.2 Å². The number of likely N-dealkylation sites (N-methyl/N-ethyl adjacent to an activating group) is 2. The average Bonchev–Trinajstić information content (AvgIpc) is 2.34. The SMILES string of the molecule is CCc1ccc(N(C)CCN(C)C)c(CC)c1. The number of benzene rings is 1. The first-order valence-electron chi connectivity index (χ1n) is 6.56. The number of hydrogen-bond acceptors (Lipinski definition) is 2. The van der Waals surface area contributed by atoms with Gasteiger partial charge in [0.25, 0.3) is 0 Å². The molecule has 0 unspecified atom stereocenters. The van der Waals surface area contributed by atoms with E-state index in [1.807, 2.05) is 0 Å². The predicted octanol–water partition coefficient (Wildman–Crippen LogP) is 2.81. The maximum atomic E-state index is 2.36. The maximum absolute atomic E-state index is 2.36. The predicted molar refractivity (Wildman–Crippen MR) is 77.0 cm³/mol. The van der Waals surface area contributed by atoms with Crippen molar-refractivity contribution in [2.24, 2.45) is 0 Å². The van der Waals surface area contributed by atoms with Gasteiger partial charge in [0.2, 0.25) is 0 Å². The molecular weight excluding hydrogens is 208 g/mol. The molecule has 1 aromatic carbocycles. The first-order valence-corrected chi connectivity index (χ1v) is 6.56. The lowest BCUT2D eigenvalue weighted by molar-refractivity contribution is 0.416. The summed E-state index contributed by atoms with van der Waals surface area (Å²) in [5.74, 6) is 0. The Morgan fingerprint density at radius 3 is 2.18 bits per heavy atom. The van der Waals surface area contributed by atoms with Crippen LogP contribution in [-0.4, -0.2) is 39.1 Å². The fourth-order valence-electron chi connectivity index (χ4n) is 1.98. The Bertz CT molecular complexity index is 345. The van der Waals surface area contributed by atoms with E-state index in [4.69, 9.17) is 0 Å². The Balaban J connectivity index is 2.81. The van der Waals surface area contributed by atoms with Crippen LogP contribution in [0.1, 0.15) is 25.0 Å². The monoisotopic (exact) mass is 234 g/mol. The molecule has 0 spiro atoms. The van der Waals surface area contributed by atoms with Crippen LogP contribution in [0.25, 0.3) is 0 Å². The number of aryl methyl sites for hydroxylation is 2. The van der Waals surface area contributed by atoms with E-state index in [-0.39, 0.29) is 0 Å².